The van der Waals surface area contributed by atoms with Crippen molar-refractivity contribution in [3.63, 3.8) is 0 Å². The number of ether oxygens (including phenoxy) is 2. The summed E-state index contributed by atoms with van der Waals surface area (Å²) in [4.78, 5) is 1.31. The number of hydrogen-bond donors (Lipinski definition) is 1. The molecule has 1 N–H and O–H groups in total. The minimum atomic E-state index is 0.778. The lowest BCUT2D eigenvalue weighted by atomic mass is 10.2. The van der Waals surface area contributed by atoms with Crippen molar-refractivity contribution in [1.82, 2.24) is 5.32 Å². The Labute approximate surface area is 121 Å². The zero-order chi connectivity index (χ0) is 13.8. The molecule has 0 aliphatic carbocycles. The highest BCUT2D eigenvalue weighted by Gasteiger charge is 1.96. The molecular formula is C15H25NO2S. The number of nitrogens with one attached hydrogen (secondary N) is 1. The van der Waals surface area contributed by atoms with Gasteiger partial charge in [-0.3, -0.25) is 0 Å². The van der Waals surface area contributed by atoms with Gasteiger partial charge in [0.15, 0.2) is 0 Å². The van der Waals surface area contributed by atoms with E-state index in [1.807, 2.05) is 11.8 Å². The molecular weight excluding hydrogens is 258 g/mol. The number of benzene rings is 1. The SMILES string of the molecule is CCNCc1ccc(SCCOCCCOC)cc1. The summed E-state index contributed by atoms with van der Waals surface area (Å²) in [5, 5.41) is 3.32. The largest absolute Gasteiger partial charge is 0.385 e. The van der Waals surface area contributed by atoms with E-state index < -0.39 is 0 Å². The summed E-state index contributed by atoms with van der Waals surface area (Å²) in [7, 11) is 1.72. The van der Waals surface area contributed by atoms with Gasteiger partial charge < -0.3 is 14.8 Å². The fourth-order valence-corrected chi connectivity index (χ4v) is 2.36. The molecule has 0 aromatic heterocycles. The maximum absolute atomic E-state index is 5.52. The lowest BCUT2D eigenvalue weighted by Crippen LogP contribution is -2.11. The molecule has 0 bridgehead atoms. The highest BCUT2D eigenvalue weighted by molar-refractivity contribution is 7.99. The fourth-order valence-electron chi connectivity index (χ4n) is 1.60. The Morgan fingerprint density at radius 2 is 1.89 bits per heavy atom. The van der Waals surface area contributed by atoms with Crippen LogP contribution in [0.2, 0.25) is 0 Å². The predicted octanol–water partition coefficient (Wildman–Crippen LogP) is 2.94. The van der Waals surface area contributed by atoms with E-state index in [2.05, 4.69) is 36.5 Å². The Morgan fingerprint density at radius 3 is 2.58 bits per heavy atom. The first-order valence-corrected chi connectivity index (χ1v) is 7.84. The molecule has 0 atom stereocenters. The van der Waals surface area contributed by atoms with E-state index in [0.29, 0.717) is 0 Å². The van der Waals surface area contributed by atoms with Gasteiger partial charge in [0, 0.05) is 37.5 Å². The zero-order valence-electron chi connectivity index (χ0n) is 12.0. The van der Waals surface area contributed by atoms with E-state index >= 15 is 0 Å². The van der Waals surface area contributed by atoms with E-state index in [9.17, 15) is 0 Å². The van der Waals surface area contributed by atoms with Gasteiger partial charge in [0.05, 0.1) is 6.61 Å². The van der Waals surface area contributed by atoms with Crippen LogP contribution in [-0.4, -0.2) is 39.2 Å². The molecule has 108 valence electrons. The normalized spacial score (nSPS) is 10.8. The lowest BCUT2D eigenvalue weighted by molar-refractivity contribution is 0.113. The first-order chi connectivity index (χ1) is 9.36. The summed E-state index contributed by atoms with van der Waals surface area (Å²) in [5.74, 6) is 1.000. The summed E-state index contributed by atoms with van der Waals surface area (Å²) in [6, 6.07) is 8.74. The van der Waals surface area contributed by atoms with Crippen LogP contribution >= 0.6 is 11.8 Å². The Kier molecular flexibility index (Phi) is 9.81. The van der Waals surface area contributed by atoms with Crippen molar-refractivity contribution < 1.29 is 9.47 Å². The van der Waals surface area contributed by atoms with E-state index in [1.54, 1.807) is 7.11 Å². The molecule has 0 aliphatic rings. The van der Waals surface area contributed by atoms with E-state index in [4.69, 9.17) is 9.47 Å². The molecule has 0 spiro atoms. The van der Waals surface area contributed by atoms with Crippen molar-refractivity contribution in [2.45, 2.75) is 24.8 Å². The van der Waals surface area contributed by atoms with Crippen LogP contribution in [0.15, 0.2) is 29.2 Å². The monoisotopic (exact) mass is 283 g/mol. The quantitative estimate of drug-likeness (QED) is 0.500. The Bertz CT molecular complexity index is 316. The average Bonchev–Trinajstić information content (AvgIpc) is 2.45. The van der Waals surface area contributed by atoms with Gasteiger partial charge in [0.2, 0.25) is 0 Å². The smallest absolute Gasteiger partial charge is 0.0560 e. The van der Waals surface area contributed by atoms with Crippen molar-refractivity contribution in [3.8, 4) is 0 Å². The first-order valence-electron chi connectivity index (χ1n) is 6.86. The van der Waals surface area contributed by atoms with Gasteiger partial charge >= 0.3 is 0 Å². The molecule has 1 rings (SSSR count). The van der Waals surface area contributed by atoms with Crippen LogP contribution < -0.4 is 5.32 Å². The van der Waals surface area contributed by atoms with Crippen LogP contribution in [0, 0.1) is 0 Å². The summed E-state index contributed by atoms with van der Waals surface area (Å²) in [6.07, 6.45) is 0.973. The number of thioether (sulfide) groups is 1. The van der Waals surface area contributed by atoms with E-state index in [0.717, 1.165) is 45.1 Å². The van der Waals surface area contributed by atoms with Crippen LogP contribution in [0.3, 0.4) is 0 Å². The average molecular weight is 283 g/mol. The molecule has 0 fully saturated rings. The van der Waals surface area contributed by atoms with Crippen molar-refractivity contribution in [3.05, 3.63) is 29.8 Å². The van der Waals surface area contributed by atoms with Gasteiger partial charge in [-0.15, -0.1) is 11.8 Å². The maximum Gasteiger partial charge on any atom is 0.0560 e. The van der Waals surface area contributed by atoms with Crippen molar-refractivity contribution in [2.75, 3.05) is 39.2 Å². The van der Waals surface area contributed by atoms with Crippen molar-refractivity contribution >= 4 is 11.8 Å². The van der Waals surface area contributed by atoms with Gasteiger partial charge in [0.25, 0.3) is 0 Å². The third kappa shape index (κ3) is 8.26. The fraction of sp³-hybridized carbons (Fsp3) is 0.600. The van der Waals surface area contributed by atoms with Crippen LogP contribution in [0.25, 0.3) is 0 Å². The Balaban J connectivity index is 2.09. The molecule has 1 aromatic rings. The van der Waals surface area contributed by atoms with Gasteiger partial charge in [-0.05, 0) is 30.7 Å². The van der Waals surface area contributed by atoms with Gasteiger partial charge in [-0.25, -0.2) is 0 Å². The number of rotatable bonds is 11. The second kappa shape index (κ2) is 11.3. The second-order valence-corrected chi connectivity index (χ2v) is 5.40. The van der Waals surface area contributed by atoms with Crippen molar-refractivity contribution in [2.24, 2.45) is 0 Å². The zero-order valence-corrected chi connectivity index (χ0v) is 12.8. The molecule has 0 saturated carbocycles. The van der Waals surface area contributed by atoms with Crippen LogP contribution in [0.4, 0.5) is 0 Å². The van der Waals surface area contributed by atoms with Crippen LogP contribution in [-0.2, 0) is 16.0 Å². The maximum atomic E-state index is 5.52. The van der Waals surface area contributed by atoms with Gasteiger partial charge in [-0.1, -0.05) is 19.1 Å². The van der Waals surface area contributed by atoms with Gasteiger partial charge in [-0.2, -0.15) is 0 Å². The molecule has 0 saturated heterocycles. The topological polar surface area (TPSA) is 30.5 Å². The Hall–Kier alpha value is -0.550. The molecule has 19 heavy (non-hydrogen) atoms. The summed E-state index contributed by atoms with van der Waals surface area (Å²) in [5.41, 5.74) is 1.34. The first kappa shape index (κ1) is 16.5. The van der Waals surface area contributed by atoms with Gasteiger partial charge in [0.1, 0.15) is 0 Å². The molecule has 0 radical (unpaired) electrons. The summed E-state index contributed by atoms with van der Waals surface area (Å²) in [6.45, 7) is 6.45. The Morgan fingerprint density at radius 1 is 1.11 bits per heavy atom. The molecule has 0 amide bonds. The molecule has 0 heterocycles. The predicted molar refractivity (Wildman–Crippen MR) is 81.9 cm³/mol. The highest BCUT2D eigenvalue weighted by atomic mass is 32.2. The third-order valence-electron chi connectivity index (χ3n) is 2.64. The van der Waals surface area contributed by atoms with Crippen molar-refractivity contribution in [1.29, 1.82) is 0 Å². The summed E-state index contributed by atoms with van der Waals surface area (Å²) >= 11 is 1.84. The minimum Gasteiger partial charge on any atom is -0.385 e. The molecule has 0 unspecified atom stereocenters. The van der Waals surface area contributed by atoms with E-state index in [-0.39, 0.29) is 0 Å². The standard InChI is InChI=1S/C15H25NO2S/c1-3-16-13-14-5-7-15(8-6-14)19-12-11-18-10-4-9-17-2/h5-8,16H,3-4,9-13H2,1-2H3. The molecule has 1 aromatic carbocycles. The number of methoxy groups -OCH3 is 1. The lowest BCUT2D eigenvalue weighted by Gasteiger charge is -2.06. The summed E-state index contributed by atoms with van der Waals surface area (Å²) < 4.78 is 10.5. The molecule has 3 nitrogen and oxygen atoms in total. The second-order valence-electron chi connectivity index (χ2n) is 4.23. The van der Waals surface area contributed by atoms with E-state index in [1.165, 1.54) is 10.5 Å². The number of hydrogen-bond acceptors (Lipinski definition) is 4. The van der Waals surface area contributed by atoms with Crippen LogP contribution in [0.1, 0.15) is 18.9 Å². The molecule has 0 aliphatic heterocycles. The third-order valence-corrected chi connectivity index (χ3v) is 3.61. The van der Waals surface area contributed by atoms with Crippen LogP contribution in [0.5, 0.6) is 0 Å². The highest BCUT2D eigenvalue weighted by Crippen LogP contribution is 2.18. The minimum absolute atomic E-state index is 0.778. The molecule has 4 heteroatoms.